The summed E-state index contributed by atoms with van der Waals surface area (Å²) < 4.78 is 11.2. The maximum Gasteiger partial charge on any atom is 0.410 e. The van der Waals surface area contributed by atoms with Crippen LogP contribution in [-0.4, -0.2) is 40.8 Å². The zero-order chi connectivity index (χ0) is 14.6. The SMILES string of the molecule is CC(C)(C)OC(=O)N1CCC(OCc2cccnc2)C1. The quantitative estimate of drug-likeness (QED) is 0.853. The largest absolute Gasteiger partial charge is 0.444 e. The summed E-state index contributed by atoms with van der Waals surface area (Å²) in [5.41, 5.74) is 0.592. The first-order valence-corrected chi connectivity index (χ1v) is 6.92. The Morgan fingerprint density at radius 1 is 1.50 bits per heavy atom. The highest BCUT2D eigenvalue weighted by atomic mass is 16.6. The fourth-order valence-corrected chi connectivity index (χ4v) is 2.05. The lowest BCUT2D eigenvalue weighted by atomic mass is 10.2. The van der Waals surface area contributed by atoms with Crippen LogP contribution in [0.2, 0.25) is 0 Å². The fourth-order valence-electron chi connectivity index (χ4n) is 2.05. The van der Waals surface area contributed by atoms with Crippen molar-refractivity contribution in [2.75, 3.05) is 13.1 Å². The molecule has 0 saturated carbocycles. The zero-order valence-electron chi connectivity index (χ0n) is 12.3. The van der Waals surface area contributed by atoms with E-state index in [0.717, 1.165) is 12.0 Å². The normalized spacial score (nSPS) is 19.1. The summed E-state index contributed by atoms with van der Waals surface area (Å²) in [6.45, 7) is 7.43. The van der Waals surface area contributed by atoms with E-state index in [4.69, 9.17) is 9.47 Å². The molecule has 1 aromatic heterocycles. The molecule has 0 aromatic carbocycles. The molecule has 5 nitrogen and oxygen atoms in total. The molecule has 1 atom stereocenters. The second kappa shape index (κ2) is 6.22. The van der Waals surface area contributed by atoms with Crippen molar-refractivity contribution in [2.45, 2.75) is 45.5 Å². The van der Waals surface area contributed by atoms with Crippen LogP contribution in [0.3, 0.4) is 0 Å². The first kappa shape index (κ1) is 14.8. The third-order valence-corrected chi connectivity index (χ3v) is 3.01. The maximum atomic E-state index is 11.9. The second-order valence-electron chi connectivity index (χ2n) is 6.01. The summed E-state index contributed by atoms with van der Waals surface area (Å²) in [7, 11) is 0. The van der Waals surface area contributed by atoms with Gasteiger partial charge >= 0.3 is 6.09 Å². The van der Waals surface area contributed by atoms with Gasteiger partial charge in [0.05, 0.1) is 19.3 Å². The van der Waals surface area contributed by atoms with Gasteiger partial charge in [-0.25, -0.2) is 4.79 Å². The average Bonchev–Trinajstić information content (AvgIpc) is 2.84. The molecule has 0 radical (unpaired) electrons. The molecule has 5 heteroatoms. The van der Waals surface area contributed by atoms with E-state index < -0.39 is 5.60 Å². The monoisotopic (exact) mass is 278 g/mol. The van der Waals surface area contributed by atoms with Crippen molar-refractivity contribution in [1.82, 2.24) is 9.88 Å². The zero-order valence-corrected chi connectivity index (χ0v) is 12.3. The van der Waals surface area contributed by atoms with Crippen molar-refractivity contribution in [3.8, 4) is 0 Å². The third kappa shape index (κ3) is 4.49. The van der Waals surface area contributed by atoms with Gasteiger partial charge in [0.1, 0.15) is 5.60 Å². The Morgan fingerprint density at radius 3 is 2.95 bits per heavy atom. The van der Waals surface area contributed by atoms with Crippen LogP contribution in [0.5, 0.6) is 0 Å². The van der Waals surface area contributed by atoms with E-state index in [1.54, 1.807) is 17.3 Å². The number of likely N-dealkylation sites (tertiary alicyclic amines) is 1. The number of hydrogen-bond acceptors (Lipinski definition) is 4. The van der Waals surface area contributed by atoms with Crippen molar-refractivity contribution in [3.05, 3.63) is 30.1 Å². The van der Waals surface area contributed by atoms with Crippen LogP contribution in [0.15, 0.2) is 24.5 Å². The molecule has 2 rings (SSSR count). The molecule has 1 unspecified atom stereocenters. The van der Waals surface area contributed by atoms with Crippen LogP contribution >= 0.6 is 0 Å². The number of aromatic nitrogens is 1. The molecule has 1 amide bonds. The summed E-state index contributed by atoms with van der Waals surface area (Å²) in [5.74, 6) is 0. The van der Waals surface area contributed by atoms with Crippen molar-refractivity contribution in [1.29, 1.82) is 0 Å². The number of carbonyl (C=O) groups is 1. The number of ether oxygens (including phenoxy) is 2. The lowest BCUT2D eigenvalue weighted by molar-refractivity contribution is 0.0184. The van der Waals surface area contributed by atoms with Gasteiger partial charge in [-0.3, -0.25) is 4.98 Å². The number of rotatable bonds is 3. The number of nitrogens with zero attached hydrogens (tertiary/aromatic N) is 2. The minimum absolute atomic E-state index is 0.0720. The number of amides is 1. The molecule has 0 aliphatic carbocycles. The van der Waals surface area contributed by atoms with E-state index >= 15 is 0 Å². The molecule has 2 heterocycles. The van der Waals surface area contributed by atoms with Gasteiger partial charge in [-0.2, -0.15) is 0 Å². The van der Waals surface area contributed by atoms with Gasteiger partial charge in [-0.1, -0.05) is 6.07 Å². The molecular formula is C15H22N2O3. The molecule has 1 aliphatic rings. The van der Waals surface area contributed by atoms with E-state index in [2.05, 4.69) is 4.98 Å². The fraction of sp³-hybridized carbons (Fsp3) is 0.600. The molecule has 1 saturated heterocycles. The Hall–Kier alpha value is -1.62. The summed E-state index contributed by atoms with van der Waals surface area (Å²) in [4.78, 5) is 17.7. The minimum atomic E-state index is -0.453. The van der Waals surface area contributed by atoms with Crippen molar-refractivity contribution >= 4 is 6.09 Å². The lowest BCUT2D eigenvalue weighted by Crippen LogP contribution is -2.36. The van der Waals surface area contributed by atoms with Crippen molar-refractivity contribution in [3.63, 3.8) is 0 Å². The van der Waals surface area contributed by atoms with E-state index in [9.17, 15) is 4.79 Å². The third-order valence-electron chi connectivity index (χ3n) is 3.01. The molecule has 0 bridgehead atoms. The van der Waals surface area contributed by atoms with Gasteiger partial charge in [-0.05, 0) is 38.8 Å². The maximum absolute atomic E-state index is 11.9. The van der Waals surface area contributed by atoms with Crippen LogP contribution in [0, 0.1) is 0 Å². The highest BCUT2D eigenvalue weighted by Crippen LogP contribution is 2.18. The molecule has 0 N–H and O–H groups in total. The molecule has 1 aliphatic heterocycles. The highest BCUT2D eigenvalue weighted by molar-refractivity contribution is 5.68. The number of carbonyl (C=O) groups excluding carboxylic acids is 1. The molecule has 110 valence electrons. The van der Waals surface area contributed by atoms with Crippen LogP contribution < -0.4 is 0 Å². The molecule has 1 aromatic rings. The smallest absolute Gasteiger partial charge is 0.410 e. The van der Waals surface area contributed by atoms with E-state index in [-0.39, 0.29) is 12.2 Å². The predicted molar refractivity (Wildman–Crippen MR) is 75.2 cm³/mol. The first-order valence-electron chi connectivity index (χ1n) is 6.92. The summed E-state index contributed by atoms with van der Waals surface area (Å²) in [6, 6.07) is 3.87. The minimum Gasteiger partial charge on any atom is -0.444 e. The van der Waals surface area contributed by atoms with Gasteiger partial charge in [0.15, 0.2) is 0 Å². The van der Waals surface area contributed by atoms with Crippen molar-refractivity contribution in [2.24, 2.45) is 0 Å². The predicted octanol–water partition coefficient (Wildman–Crippen LogP) is 2.61. The summed E-state index contributed by atoms with van der Waals surface area (Å²) in [5, 5.41) is 0. The van der Waals surface area contributed by atoms with E-state index in [0.29, 0.717) is 19.7 Å². The van der Waals surface area contributed by atoms with Gasteiger partial charge in [-0.15, -0.1) is 0 Å². The van der Waals surface area contributed by atoms with Crippen LogP contribution in [-0.2, 0) is 16.1 Å². The Bertz CT molecular complexity index is 442. The average molecular weight is 278 g/mol. The lowest BCUT2D eigenvalue weighted by Gasteiger charge is -2.24. The first-order chi connectivity index (χ1) is 9.44. The Balaban J connectivity index is 1.76. The van der Waals surface area contributed by atoms with Gasteiger partial charge < -0.3 is 14.4 Å². The van der Waals surface area contributed by atoms with Crippen LogP contribution in [0.4, 0.5) is 4.79 Å². The number of pyridine rings is 1. The van der Waals surface area contributed by atoms with Gasteiger partial charge in [0.2, 0.25) is 0 Å². The molecule has 1 fully saturated rings. The van der Waals surface area contributed by atoms with Crippen LogP contribution in [0.25, 0.3) is 0 Å². The van der Waals surface area contributed by atoms with Gasteiger partial charge in [0.25, 0.3) is 0 Å². The van der Waals surface area contributed by atoms with Crippen molar-refractivity contribution < 1.29 is 14.3 Å². The van der Waals surface area contributed by atoms with E-state index in [1.807, 2.05) is 32.9 Å². The number of hydrogen-bond donors (Lipinski definition) is 0. The summed E-state index contributed by atoms with van der Waals surface area (Å²) in [6.07, 6.45) is 4.19. The standard InChI is InChI=1S/C15H22N2O3/c1-15(2,3)20-14(18)17-8-6-13(10-17)19-11-12-5-4-7-16-9-12/h4-5,7,9,13H,6,8,10-11H2,1-3H3. The Kier molecular flexibility index (Phi) is 4.60. The molecular weight excluding hydrogens is 256 g/mol. The Morgan fingerprint density at radius 2 is 2.30 bits per heavy atom. The second-order valence-corrected chi connectivity index (χ2v) is 6.01. The molecule has 0 spiro atoms. The molecule has 20 heavy (non-hydrogen) atoms. The highest BCUT2D eigenvalue weighted by Gasteiger charge is 2.30. The van der Waals surface area contributed by atoms with E-state index in [1.165, 1.54) is 0 Å². The Labute approximate surface area is 119 Å². The van der Waals surface area contributed by atoms with Gasteiger partial charge in [0, 0.05) is 18.9 Å². The van der Waals surface area contributed by atoms with Crippen LogP contribution in [0.1, 0.15) is 32.8 Å². The topological polar surface area (TPSA) is 51.7 Å². The summed E-state index contributed by atoms with van der Waals surface area (Å²) >= 11 is 0.